The van der Waals surface area contributed by atoms with Crippen LogP contribution in [0.25, 0.3) is 10.9 Å². The molecule has 1 amide bonds. The van der Waals surface area contributed by atoms with Crippen molar-refractivity contribution in [2.75, 3.05) is 30.9 Å². The summed E-state index contributed by atoms with van der Waals surface area (Å²) in [5, 5.41) is 15.9. The smallest absolute Gasteiger partial charge is 0.404 e. The van der Waals surface area contributed by atoms with Crippen molar-refractivity contribution in [2.45, 2.75) is 31.7 Å². The third-order valence-electron chi connectivity index (χ3n) is 4.92. The molecule has 1 fully saturated rings. The number of anilines is 2. The van der Waals surface area contributed by atoms with Crippen LogP contribution in [0.2, 0.25) is 0 Å². The molecule has 6 nitrogen and oxygen atoms in total. The molecule has 0 bridgehead atoms. The van der Waals surface area contributed by atoms with E-state index in [0.29, 0.717) is 18.5 Å². The van der Waals surface area contributed by atoms with Crippen molar-refractivity contribution in [2.24, 2.45) is 5.92 Å². The minimum Gasteiger partial charge on any atom is -0.465 e. The molecule has 6 heteroatoms. The number of fused-ring (bicyclic) bond motifs is 1. The normalized spacial score (nSPS) is 20.2. The summed E-state index contributed by atoms with van der Waals surface area (Å²) in [6, 6.07) is 10.7. The van der Waals surface area contributed by atoms with E-state index in [1.165, 1.54) is 0 Å². The van der Waals surface area contributed by atoms with Gasteiger partial charge in [0.2, 0.25) is 0 Å². The molecule has 2 aromatic rings. The van der Waals surface area contributed by atoms with E-state index < -0.39 is 6.09 Å². The van der Waals surface area contributed by atoms with Crippen LogP contribution in [0.5, 0.6) is 0 Å². The van der Waals surface area contributed by atoms with Crippen LogP contribution >= 0.6 is 0 Å². The Bertz CT molecular complexity index is 739. The third-order valence-corrected chi connectivity index (χ3v) is 4.92. The lowest BCUT2D eigenvalue weighted by Gasteiger charge is -2.29. The number of benzene rings is 1. The molecule has 134 valence electrons. The second kappa shape index (κ2) is 7.59. The second-order valence-corrected chi connectivity index (χ2v) is 6.99. The van der Waals surface area contributed by atoms with E-state index in [2.05, 4.69) is 27.7 Å². The van der Waals surface area contributed by atoms with Crippen LogP contribution in [-0.4, -0.2) is 42.9 Å². The number of hydrogen-bond donors (Lipinski definition) is 3. The molecule has 3 rings (SSSR count). The Kier molecular flexibility index (Phi) is 5.26. The summed E-state index contributed by atoms with van der Waals surface area (Å²) in [6.45, 7) is 0.557. The molecule has 1 aromatic carbocycles. The Hall–Kier alpha value is -2.50. The molecule has 0 aliphatic heterocycles. The largest absolute Gasteiger partial charge is 0.465 e. The Balaban J connectivity index is 1.67. The monoisotopic (exact) mass is 342 g/mol. The molecular weight excluding hydrogens is 316 g/mol. The van der Waals surface area contributed by atoms with Crippen molar-refractivity contribution >= 4 is 28.5 Å². The fraction of sp³-hybridized carbons (Fsp3) is 0.474. The van der Waals surface area contributed by atoms with Crippen LogP contribution in [0, 0.1) is 5.92 Å². The summed E-state index contributed by atoms with van der Waals surface area (Å²) >= 11 is 0. The maximum atomic E-state index is 10.6. The maximum absolute atomic E-state index is 10.6. The highest BCUT2D eigenvalue weighted by atomic mass is 16.4. The van der Waals surface area contributed by atoms with Gasteiger partial charge in [0.05, 0.1) is 5.52 Å². The first-order valence-corrected chi connectivity index (χ1v) is 8.83. The van der Waals surface area contributed by atoms with Crippen LogP contribution in [0.15, 0.2) is 30.3 Å². The van der Waals surface area contributed by atoms with Gasteiger partial charge in [0.15, 0.2) is 0 Å². The van der Waals surface area contributed by atoms with Gasteiger partial charge in [0, 0.05) is 43.8 Å². The summed E-state index contributed by atoms with van der Waals surface area (Å²) in [6.07, 6.45) is 3.21. The SMILES string of the molecule is CN(C)c1cc(NC2CCC(CNC(=O)O)CC2)nc2ccccc12. The molecule has 1 aromatic heterocycles. The molecule has 0 unspecified atom stereocenters. The molecular formula is C19H26N4O2. The third kappa shape index (κ3) is 4.32. The average molecular weight is 342 g/mol. The molecule has 0 saturated heterocycles. The average Bonchev–Trinajstić information content (AvgIpc) is 2.60. The number of pyridine rings is 1. The number of carboxylic acid groups (broad SMARTS) is 1. The molecule has 0 radical (unpaired) electrons. The fourth-order valence-electron chi connectivity index (χ4n) is 3.55. The Morgan fingerprint density at radius 3 is 2.64 bits per heavy atom. The van der Waals surface area contributed by atoms with Gasteiger partial charge in [-0.25, -0.2) is 9.78 Å². The number of nitrogens with zero attached hydrogens (tertiary/aromatic N) is 2. The molecule has 3 N–H and O–H groups in total. The van der Waals surface area contributed by atoms with Gasteiger partial charge in [-0.15, -0.1) is 0 Å². The lowest BCUT2D eigenvalue weighted by atomic mass is 9.86. The van der Waals surface area contributed by atoms with E-state index in [1.54, 1.807) is 0 Å². The van der Waals surface area contributed by atoms with Crippen molar-refractivity contribution in [1.82, 2.24) is 10.3 Å². The van der Waals surface area contributed by atoms with Crippen LogP contribution in [0.3, 0.4) is 0 Å². The number of para-hydroxylation sites is 1. The van der Waals surface area contributed by atoms with Gasteiger partial charge in [-0.05, 0) is 37.7 Å². The summed E-state index contributed by atoms with van der Waals surface area (Å²) < 4.78 is 0. The van der Waals surface area contributed by atoms with Crippen molar-refractivity contribution < 1.29 is 9.90 Å². The zero-order valence-corrected chi connectivity index (χ0v) is 14.8. The first-order chi connectivity index (χ1) is 12.0. The minimum atomic E-state index is -0.933. The number of rotatable bonds is 5. The number of nitrogens with one attached hydrogen (secondary N) is 2. The molecule has 1 saturated carbocycles. The van der Waals surface area contributed by atoms with Crippen LogP contribution in [-0.2, 0) is 0 Å². The molecule has 25 heavy (non-hydrogen) atoms. The summed E-state index contributed by atoms with van der Waals surface area (Å²) in [4.78, 5) is 17.5. The predicted molar refractivity (Wildman–Crippen MR) is 101 cm³/mol. The van der Waals surface area contributed by atoms with E-state index in [4.69, 9.17) is 10.1 Å². The van der Waals surface area contributed by atoms with E-state index in [1.807, 2.05) is 32.3 Å². The van der Waals surface area contributed by atoms with Gasteiger partial charge in [0.1, 0.15) is 5.82 Å². The maximum Gasteiger partial charge on any atom is 0.404 e. The zero-order valence-electron chi connectivity index (χ0n) is 14.8. The van der Waals surface area contributed by atoms with Gasteiger partial charge in [0.25, 0.3) is 0 Å². The van der Waals surface area contributed by atoms with Crippen molar-refractivity contribution in [1.29, 1.82) is 0 Å². The first-order valence-electron chi connectivity index (χ1n) is 8.83. The van der Waals surface area contributed by atoms with Gasteiger partial charge >= 0.3 is 6.09 Å². The fourth-order valence-corrected chi connectivity index (χ4v) is 3.55. The number of amides is 1. The number of aromatic nitrogens is 1. The number of carbonyl (C=O) groups is 1. The lowest BCUT2D eigenvalue weighted by Crippen LogP contribution is -2.33. The van der Waals surface area contributed by atoms with E-state index in [9.17, 15) is 4.79 Å². The van der Waals surface area contributed by atoms with E-state index in [-0.39, 0.29) is 0 Å². The highest BCUT2D eigenvalue weighted by Gasteiger charge is 2.22. The zero-order chi connectivity index (χ0) is 17.8. The highest BCUT2D eigenvalue weighted by molar-refractivity contribution is 5.93. The Morgan fingerprint density at radius 2 is 1.96 bits per heavy atom. The quantitative estimate of drug-likeness (QED) is 0.775. The van der Waals surface area contributed by atoms with Crippen LogP contribution < -0.4 is 15.5 Å². The van der Waals surface area contributed by atoms with Crippen molar-refractivity contribution in [3.05, 3.63) is 30.3 Å². The topological polar surface area (TPSA) is 77.5 Å². The first kappa shape index (κ1) is 17.3. The Morgan fingerprint density at radius 1 is 1.24 bits per heavy atom. The van der Waals surface area contributed by atoms with Crippen LogP contribution in [0.1, 0.15) is 25.7 Å². The lowest BCUT2D eigenvalue weighted by molar-refractivity contribution is 0.190. The van der Waals surface area contributed by atoms with Gasteiger partial charge in [-0.1, -0.05) is 18.2 Å². The van der Waals surface area contributed by atoms with Crippen molar-refractivity contribution in [3.8, 4) is 0 Å². The Labute approximate surface area is 148 Å². The highest BCUT2D eigenvalue weighted by Crippen LogP contribution is 2.30. The summed E-state index contributed by atoms with van der Waals surface area (Å²) in [7, 11) is 4.10. The van der Waals surface area contributed by atoms with Crippen LogP contribution in [0.4, 0.5) is 16.3 Å². The molecule has 1 heterocycles. The van der Waals surface area contributed by atoms with Crippen molar-refractivity contribution in [3.63, 3.8) is 0 Å². The van der Waals surface area contributed by atoms with Gasteiger partial charge < -0.3 is 20.6 Å². The minimum absolute atomic E-state index is 0.393. The van der Waals surface area contributed by atoms with Gasteiger partial charge in [-0.3, -0.25) is 0 Å². The summed E-state index contributed by atoms with van der Waals surface area (Å²) in [5.74, 6) is 1.35. The molecule has 1 aliphatic rings. The van der Waals surface area contributed by atoms with E-state index in [0.717, 1.165) is 48.1 Å². The number of hydrogen-bond acceptors (Lipinski definition) is 4. The van der Waals surface area contributed by atoms with Gasteiger partial charge in [-0.2, -0.15) is 0 Å². The standard InChI is InChI=1S/C19H26N4O2/c1-23(2)17-11-18(22-16-6-4-3-5-15(16)17)21-14-9-7-13(8-10-14)12-20-19(24)25/h3-6,11,13-14,20H,7-10,12H2,1-2H3,(H,21,22)(H,24,25). The molecule has 1 aliphatic carbocycles. The second-order valence-electron chi connectivity index (χ2n) is 6.99. The molecule has 0 spiro atoms. The van der Waals surface area contributed by atoms with E-state index >= 15 is 0 Å². The molecule has 0 atom stereocenters. The predicted octanol–water partition coefficient (Wildman–Crippen LogP) is 3.54. The summed E-state index contributed by atoms with van der Waals surface area (Å²) in [5.41, 5.74) is 2.16.